The molecule has 0 heterocycles. The fourth-order valence-corrected chi connectivity index (χ4v) is 3.00. The third kappa shape index (κ3) is 3.61. The summed E-state index contributed by atoms with van der Waals surface area (Å²) in [6.45, 7) is 4.00. The van der Waals surface area contributed by atoms with Gasteiger partial charge in [0.25, 0.3) is 5.69 Å². The Labute approximate surface area is 109 Å². The molecule has 2 N–H and O–H groups in total. The molecule has 0 saturated heterocycles. The maximum absolute atomic E-state index is 12.1. The van der Waals surface area contributed by atoms with Gasteiger partial charge in [-0.15, -0.1) is 0 Å². The summed E-state index contributed by atoms with van der Waals surface area (Å²) in [6, 6.07) is 5.89. The molecular weight excluding hydrogens is 252 g/mol. The van der Waals surface area contributed by atoms with Crippen molar-refractivity contribution in [2.45, 2.75) is 31.2 Å². The summed E-state index contributed by atoms with van der Waals surface area (Å²) in [5.74, 6) is 0.497. The van der Waals surface area contributed by atoms with Crippen molar-refractivity contribution < 1.29 is 9.13 Å². The zero-order valence-electron chi connectivity index (χ0n) is 10.5. The molecule has 6 heteroatoms. The van der Waals surface area contributed by atoms with Crippen molar-refractivity contribution in [3.8, 4) is 0 Å². The Morgan fingerprint density at radius 2 is 2.06 bits per heavy atom. The van der Waals surface area contributed by atoms with Crippen molar-refractivity contribution in [1.29, 1.82) is 0 Å². The smallest absolute Gasteiger partial charge is 0.285 e. The largest absolute Gasteiger partial charge is 0.327 e. The molecule has 0 radical (unpaired) electrons. The predicted molar refractivity (Wildman–Crippen MR) is 71.8 cm³/mol. The van der Waals surface area contributed by atoms with Gasteiger partial charge in [0, 0.05) is 17.9 Å². The number of nitro benzene ring substituents is 1. The van der Waals surface area contributed by atoms with Crippen LogP contribution in [0.1, 0.15) is 20.3 Å². The van der Waals surface area contributed by atoms with Crippen LogP contribution in [0.15, 0.2) is 29.2 Å². The second-order valence-electron chi connectivity index (χ2n) is 4.29. The summed E-state index contributed by atoms with van der Waals surface area (Å²) >= 11 is 0. The predicted octanol–water partition coefficient (Wildman–Crippen LogP) is 2.08. The van der Waals surface area contributed by atoms with E-state index in [1.807, 2.05) is 13.8 Å². The monoisotopic (exact) mass is 270 g/mol. The van der Waals surface area contributed by atoms with E-state index in [1.54, 1.807) is 12.1 Å². The van der Waals surface area contributed by atoms with Crippen LogP contribution in [0.3, 0.4) is 0 Å². The van der Waals surface area contributed by atoms with E-state index in [2.05, 4.69) is 0 Å². The van der Waals surface area contributed by atoms with Gasteiger partial charge < -0.3 is 5.73 Å². The third-order valence-corrected chi connectivity index (χ3v) is 4.55. The number of benzene rings is 1. The maximum Gasteiger partial charge on any atom is 0.285 e. The maximum atomic E-state index is 12.1. The van der Waals surface area contributed by atoms with Crippen LogP contribution in [-0.2, 0) is 10.8 Å². The number of nitrogens with two attached hydrogens (primary N) is 1. The summed E-state index contributed by atoms with van der Waals surface area (Å²) in [6.07, 6.45) is 0.898. The molecule has 0 aromatic heterocycles. The van der Waals surface area contributed by atoms with Crippen LogP contribution in [-0.4, -0.2) is 20.9 Å². The first-order valence-electron chi connectivity index (χ1n) is 5.84. The van der Waals surface area contributed by atoms with Crippen molar-refractivity contribution in [2.75, 3.05) is 5.75 Å². The van der Waals surface area contributed by atoms with Gasteiger partial charge in [0.2, 0.25) is 0 Å². The number of nitro groups is 1. The van der Waals surface area contributed by atoms with Crippen LogP contribution >= 0.6 is 0 Å². The van der Waals surface area contributed by atoms with Gasteiger partial charge in [-0.1, -0.05) is 32.4 Å². The topological polar surface area (TPSA) is 86.2 Å². The lowest BCUT2D eigenvalue weighted by molar-refractivity contribution is -0.387. The highest BCUT2D eigenvalue weighted by Crippen LogP contribution is 2.22. The van der Waals surface area contributed by atoms with E-state index in [4.69, 9.17) is 5.73 Å². The van der Waals surface area contributed by atoms with Gasteiger partial charge in [0.05, 0.1) is 15.7 Å². The van der Waals surface area contributed by atoms with E-state index in [-0.39, 0.29) is 28.3 Å². The zero-order valence-corrected chi connectivity index (χ0v) is 11.4. The fourth-order valence-electron chi connectivity index (χ4n) is 1.53. The molecule has 0 saturated carbocycles. The fraction of sp³-hybridized carbons (Fsp3) is 0.500. The quantitative estimate of drug-likeness (QED) is 0.633. The minimum Gasteiger partial charge on any atom is -0.327 e. The molecule has 0 aliphatic rings. The van der Waals surface area contributed by atoms with Crippen LogP contribution in [0.4, 0.5) is 5.69 Å². The normalized spacial score (nSPS) is 15.9. The highest BCUT2D eigenvalue weighted by atomic mass is 32.2. The molecule has 0 amide bonds. The van der Waals surface area contributed by atoms with Crippen molar-refractivity contribution in [2.24, 2.45) is 11.7 Å². The molecule has 0 aliphatic carbocycles. The molecule has 0 aliphatic heterocycles. The molecule has 1 rings (SSSR count). The average Bonchev–Trinajstić information content (AvgIpc) is 2.37. The minimum atomic E-state index is -1.43. The van der Waals surface area contributed by atoms with Crippen molar-refractivity contribution in [1.82, 2.24) is 0 Å². The summed E-state index contributed by atoms with van der Waals surface area (Å²) in [5.41, 5.74) is 5.82. The van der Waals surface area contributed by atoms with Crippen LogP contribution in [0.25, 0.3) is 0 Å². The van der Waals surface area contributed by atoms with Crippen LogP contribution in [0.5, 0.6) is 0 Å². The number of para-hydroxylation sites is 1. The molecule has 1 aromatic rings. The summed E-state index contributed by atoms with van der Waals surface area (Å²) in [5, 5.41) is 10.8. The van der Waals surface area contributed by atoms with Crippen molar-refractivity contribution in [3.05, 3.63) is 34.4 Å². The highest BCUT2D eigenvalue weighted by molar-refractivity contribution is 7.85. The molecule has 18 heavy (non-hydrogen) atoms. The molecule has 0 spiro atoms. The Hall–Kier alpha value is -1.27. The standard InChI is InChI=1S/C12H18N2O3S/c1-3-9(2)10(13)8-18(17)12-7-5-4-6-11(12)14(15)16/h4-7,9-10H,3,8,13H2,1-2H3. The minimum absolute atomic E-state index is 0.104. The summed E-state index contributed by atoms with van der Waals surface area (Å²) in [4.78, 5) is 10.6. The van der Waals surface area contributed by atoms with Gasteiger partial charge in [-0.3, -0.25) is 14.3 Å². The Kier molecular flexibility index (Phi) is 5.43. The average molecular weight is 270 g/mol. The Morgan fingerprint density at radius 3 is 2.61 bits per heavy atom. The molecule has 1 aromatic carbocycles. The van der Waals surface area contributed by atoms with E-state index in [9.17, 15) is 14.3 Å². The van der Waals surface area contributed by atoms with E-state index < -0.39 is 15.7 Å². The number of rotatable bonds is 6. The second kappa shape index (κ2) is 6.61. The number of nitrogens with zero attached hydrogens (tertiary/aromatic N) is 1. The molecule has 0 bridgehead atoms. The Morgan fingerprint density at radius 1 is 1.44 bits per heavy atom. The molecule has 3 atom stereocenters. The van der Waals surface area contributed by atoms with Gasteiger partial charge in [-0.25, -0.2) is 0 Å². The van der Waals surface area contributed by atoms with Gasteiger partial charge in [-0.05, 0) is 12.0 Å². The van der Waals surface area contributed by atoms with Gasteiger partial charge in [0.1, 0.15) is 4.90 Å². The zero-order chi connectivity index (χ0) is 13.7. The number of hydrogen-bond acceptors (Lipinski definition) is 4. The van der Waals surface area contributed by atoms with Gasteiger partial charge in [-0.2, -0.15) is 0 Å². The van der Waals surface area contributed by atoms with E-state index in [0.29, 0.717) is 0 Å². The van der Waals surface area contributed by atoms with Crippen LogP contribution in [0, 0.1) is 16.0 Å². The van der Waals surface area contributed by atoms with E-state index >= 15 is 0 Å². The summed E-state index contributed by atoms with van der Waals surface area (Å²) < 4.78 is 12.1. The first kappa shape index (κ1) is 14.8. The van der Waals surface area contributed by atoms with Crippen LogP contribution < -0.4 is 5.73 Å². The molecule has 0 fully saturated rings. The van der Waals surface area contributed by atoms with Crippen molar-refractivity contribution >= 4 is 16.5 Å². The lowest BCUT2D eigenvalue weighted by Gasteiger charge is -2.17. The third-order valence-electron chi connectivity index (χ3n) is 3.03. The Bertz CT molecular complexity index is 451. The number of hydrogen-bond donors (Lipinski definition) is 1. The van der Waals surface area contributed by atoms with Crippen molar-refractivity contribution in [3.63, 3.8) is 0 Å². The second-order valence-corrected chi connectivity index (χ2v) is 5.75. The molecule has 100 valence electrons. The van der Waals surface area contributed by atoms with Crippen LogP contribution in [0.2, 0.25) is 0 Å². The lowest BCUT2D eigenvalue weighted by atomic mass is 10.0. The van der Waals surface area contributed by atoms with Gasteiger partial charge >= 0.3 is 0 Å². The Balaban J connectivity index is 2.88. The molecule has 5 nitrogen and oxygen atoms in total. The van der Waals surface area contributed by atoms with E-state index in [1.165, 1.54) is 12.1 Å². The highest BCUT2D eigenvalue weighted by Gasteiger charge is 2.21. The SMILES string of the molecule is CCC(C)C(N)CS(=O)c1ccccc1[N+](=O)[O-]. The lowest BCUT2D eigenvalue weighted by Crippen LogP contribution is -2.33. The van der Waals surface area contributed by atoms with Gasteiger partial charge in [0.15, 0.2) is 0 Å². The van der Waals surface area contributed by atoms with E-state index in [0.717, 1.165) is 6.42 Å². The summed E-state index contributed by atoms with van der Waals surface area (Å²) in [7, 11) is -1.43. The first-order chi connectivity index (χ1) is 8.47. The first-order valence-corrected chi connectivity index (χ1v) is 7.16. The molecular formula is C12H18N2O3S. The molecule has 3 unspecified atom stereocenters.